The molecule has 7 heteroatoms. The highest BCUT2D eigenvalue weighted by molar-refractivity contribution is 7.89. The van der Waals surface area contributed by atoms with E-state index in [2.05, 4.69) is 4.72 Å². The number of aliphatic hydroxyl groups is 1. The first-order valence-electron chi connectivity index (χ1n) is 5.64. The van der Waals surface area contributed by atoms with Crippen molar-refractivity contribution in [3.05, 3.63) is 18.2 Å². The van der Waals surface area contributed by atoms with Gasteiger partial charge in [0.2, 0.25) is 10.0 Å². The number of methoxy groups -OCH3 is 2. The molecule has 0 radical (unpaired) electrons. The van der Waals surface area contributed by atoms with Crippen LogP contribution in [0.15, 0.2) is 23.1 Å². The minimum atomic E-state index is -3.78. The SMILES string of the molecule is COc1ccc(OC)c(S(=O)(=O)NCC(C)(C)O)c1. The quantitative estimate of drug-likeness (QED) is 0.807. The Balaban J connectivity index is 3.12. The van der Waals surface area contributed by atoms with Gasteiger partial charge in [-0.15, -0.1) is 0 Å². The van der Waals surface area contributed by atoms with E-state index in [1.54, 1.807) is 6.07 Å². The predicted molar refractivity (Wildman–Crippen MR) is 71.0 cm³/mol. The van der Waals surface area contributed by atoms with Crippen LogP contribution in [0.4, 0.5) is 0 Å². The van der Waals surface area contributed by atoms with Crippen LogP contribution in [0.1, 0.15) is 13.8 Å². The van der Waals surface area contributed by atoms with E-state index in [0.29, 0.717) is 5.75 Å². The molecule has 0 aliphatic rings. The van der Waals surface area contributed by atoms with Gasteiger partial charge in [0.1, 0.15) is 16.4 Å². The zero-order valence-corrected chi connectivity index (χ0v) is 12.2. The molecule has 1 aromatic carbocycles. The Morgan fingerprint density at radius 2 is 1.89 bits per heavy atom. The fourth-order valence-electron chi connectivity index (χ4n) is 1.34. The summed E-state index contributed by atoms with van der Waals surface area (Å²) in [5, 5.41) is 9.57. The van der Waals surface area contributed by atoms with Gasteiger partial charge in [-0.25, -0.2) is 13.1 Å². The van der Waals surface area contributed by atoms with Crippen molar-refractivity contribution >= 4 is 10.0 Å². The third kappa shape index (κ3) is 4.38. The molecule has 19 heavy (non-hydrogen) atoms. The Labute approximate surface area is 113 Å². The van der Waals surface area contributed by atoms with Crippen LogP contribution in [0.25, 0.3) is 0 Å². The second-order valence-corrected chi connectivity index (χ2v) is 6.39. The molecular weight excluding hydrogens is 270 g/mol. The Morgan fingerprint density at radius 1 is 1.26 bits per heavy atom. The van der Waals surface area contributed by atoms with Gasteiger partial charge in [0.25, 0.3) is 0 Å². The van der Waals surface area contributed by atoms with Crippen LogP contribution in [0.3, 0.4) is 0 Å². The summed E-state index contributed by atoms with van der Waals surface area (Å²) in [4.78, 5) is -0.0291. The van der Waals surface area contributed by atoms with E-state index in [0.717, 1.165) is 0 Å². The number of rotatable bonds is 6. The molecule has 0 amide bonds. The molecule has 0 heterocycles. The van der Waals surface area contributed by atoms with Crippen molar-refractivity contribution in [3.8, 4) is 11.5 Å². The summed E-state index contributed by atoms with van der Waals surface area (Å²) in [5.74, 6) is 0.619. The van der Waals surface area contributed by atoms with Gasteiger partial charge in [0.05, 0.1) is 19.8 Å². The van der Waals surface area contributed by atoms with Crippen molar-refractivity contribution < 1.29 is 23.0 Å². The van der Waals surface area contributed by atoms with Crippen LogP contribution >= 0.6 is 0 Å². The number of benzene rings is 1. The smallest absolute Gasteiger partial charge is 0.244 e. The van der Waals surface area contributed by atoms with Gasteiger partial charge in [-0.05, 0) is 26.0 Å². The summed E-state index contributed by atoms with van der Waals surface area (Å²) in [6, 6.07) is 4.48. The van der Waals surface area contributed by atoms with E-state index in [9.17, 15) is 13.5 Å². The Kier molecular flexibility index (Phi) is 4.78. The molecule has 0 spiro atoms. The zero-order valence-electron chi connectivity index (χ0n) is 11.4. The van der Waals surface area contributed by atoms with Crippen molar-refractivity contribution in [2.24, 2.45) is 0 Å². The van der Waals surface area contributed by atoms with Crippen molar-refractivity contribution in [2.45, 2.75) is 24.3 Å². The van der Waals surface area contributed by atoms with E-state index in [4.69, 9.17) is 9.47 Å². The standard InChI is InChI=1S/C12H19NO5S/c1-12(2,14)8-13-19(15,16)11-7-9(17-3)5-6-10(11)18-4/h5-7,13-14H,8H2,1-4H3. The molecule has 0 unspecified atom stereocenters. The number of nitrogens with one attached hydrogen (secondary N) is 1. The second kappa shape index (κ2) is 5.77. The maximum absolute atomic E-state index is 12.2. The van der Waals surface area contributed by atoms with Gasteiger partial charge in [0, 0.05) is 12.6 Å². The molecule has 0 aliphatic heterocycles. The average Bonchev–Trinajstić information content (AvgIpc) is 2.35. The lowest BCUT2D eigenvalue weighted by Crippen LogP contribution is -2.38. The summed E-state index contributed by atoms with van der Waals surface area (Å²) < 4.78 is 36.7. The minimum absolute atomic E-state index is 0.0291. The largest absolute Gasteiger partial charge is 0.497 e. The summed E-state index contributed by atoms with van der Waals surface area (Å²) in [7, 11) is -0.951. The number of ether oxygens (including phenoxy) is 2. The molecule has 0 atom stereocenters. The van der Waals surface area contributed by atoms with Gasteiger partial charge in [0.15, 0.2) is 0 Å². The van der Waals surface area contributed by atoms with Crippen molar-refractivity contribution in [3.63, 3.8) is 0 Å². The van der Waals surface area contributed by atoms with Crippen LogP contribution in [0, 0.1) is 0 Å². The van der Waals surface area contributed by atoms with Gasteiger partial charge in [-0.2, -0.15) is 0 Å². The topological polar surface area (TPSA) is 84.9 Å². The third-order valence-electron chi connectivity index (χ3n) is 2.36. The molecule has 0 bridgehead atoms. The van der Waals surface area contributed by atoms with Gasteiger partial charge in [-0.3, -0.25) is 0 Å². The van der Waals surface area contributed by atoms with Crippen LogP contribution in [-0.2, 0) is 10.0 Å². The molecule has 0 saturated heterocycles. The normalized spacial score (nSPS) is 12.3. The lowest BCUT2D eigenvalue weighted by atomic mass is 10.1. The summed E-state index contributed by atoms with van der Waals surface area (Å²) >= 11 is 0. The first-order valence-corrected chi connectivity index (χ1v) is 7.12. The Bertz CT molecular complexity index is 534. The monoisotopic (exact) mass is 289 g/mol. The molecule has 108 valence electrons. The van der Waals surface area contributed by atoms with Gasteiger partial charge >= 0.3 is 0 Å². The summed E-state index contributed by atoms with van der Waals surface area (Å²) in [6.07, 6.45) is 0. The molecule has 2 N–H and O–H groups in total. The highest BCUT2D eigenvalue weighted by Crippen LogP contribution is 2.28. The van der Waals surface area contributed by atoms with E-state index in [1.807, 2.05) is 0 Å². The van der Waals surface area contributed by atoms with E-state index < -0.39 is 15.6 Å². The van der Waals surface area contributed by atoms with Gasteiger partial charge < -0.3 is 14.6 Å². The van der Waals surface area contributed by atoms with E-state index >= 15 is 0 Å². The van der Waals surface area contributed by atoms with Crippen molar-refractivity contribution in [1.29, 1.82) is 0 Å². The van der Waals surface area contributed by atoms with E-state index in [-0.39, 0.29) is 17.2 Å². The number of hydrogen-bond donors (Lipinski definition) is 2. The van der Waals surface area contributed by atoms with Crippen LogP contribution < -0.4 is 14.2 Å². The molecule has 0 aromatic heterocycles. The molecule has 1 rings (SSSR count). The Hall–Kier alpha value is -1.31. The molecule has 0 aliphatic carbocycles. The van der Waals surface area contributed by atoms with Crippen LogP contribution in [-0.4, -0.2) is 39.9 Å². The maximum Gasteiger partial charge on any atom is 0.244 e. The zero-order chi connectivity index (χ0) is 14.7. The average molecular weight is 289 g/mol. The molecular formula is C12H19NO5S. The summed E-state index contributed by atoms with van der Waals surface area (Å²) in [5.41, 5.74) is -1.14. The van der Waals surface area contributed by atoms with Crippen molar-refractivity contribution in [1.82, 2.24) is 4.72 Å². The van der Waals surface area contributed by atoms with E-state index in [1.165, 1.54) is 40.2 Å². The number of sulfonamides is 1. The fraction of sp³-hybridized carbons (Fsp3) is 0.500. The maximum atomic E-state index is 12.2. The highest BCUT2D eigenvalue weighted by Gasteiger charge is 2.23. The number of hydrogen-bond acceptors (Lipinski definition) is 5. The molecule has 0 fully saturated rings. The lowest BCUT2D eigenvalue weighted by molar-refractivity contribution is 0.0857. The second-order valence-electron chi connectivity index (χ2n) is 4.65. The molecule has 0 saturated carbocycles. The van der Waals surface area contributed by atoms with Gasteiger partial charge in [-0.1, -0.05) is 0 Å². The third-order valence-corrected chi connectivity index (χ3v) is 3.78. The van der Waals surface area contributed by atoms with Crippen LogP contribution in [0.2, 0.25) is 0 Å². The first kappa shape index (κ1) is 15.7. The van der Waals surface area contributed by atoms with Crippen molar-refractivity contribution in [2.75, 3.05) is 20.8 Å². The minimum Gasteiger partial charge on any atom is -0.497 e. The fourth-order valence-corrected chi connectivity index (χ4v) is 2.73. The highest BCUT2D eigenvalue weighted by atomic mass is 32.2. The molecule has 6 nitrogen and oxygen atoms in total. The molecule has 1 aromatic rings. The van der Waals surface area contributed by atoms with Crippen LogP contribution in [0.5, 0.6) is 11.5 Å². The summed E-state index contributed by atoms with van der Waals surface area (Å²) in [6.45, 7) is 2.92. The first-order chi connectivity index (χ1) is 8.69. The predicted octanol–water partition coefficient (Wildman–Crippen LogP) is 0.753. The lowest BCUT2D eigenvalue weighted by Gasteiger charge is -2.18. The Morgan fingerprint density at radius 3 is 2.37 bits per heavy atom.